The number of para-hydroxylation sites is 1. The minimum atomic E-state index is -0.570. The molecular formula is C21H24ClN3O3. The van der Waals surface area contributed by atoms with Crippen LogP contribution < -0.4 is 15.0 Å². The molecule has 0 bridgehead atoms. The molecule has 2 aromatic carbocycles. The molecule has 1 fully saturated rings. The van der Waals surface area contributed by atoms with E-state index in [1.54, 1.807) is 0 Å². The van der Waals surface area contributed by atoms with Gasteiger partial charge in [0, 0.05) is 38.4 Å². The Labute approximate surface area is 169 Å². The molecule has 2 aromatic rings. The highest BCUT2D eigenvalue weighted by molar-refractivity contribution is 6.33. The van der Waals surface area contributed by atoms with E-state index in [2.05, 4.69) is 15.1 Å². The summed E-state index contributed by atoms with van der Waals surface area (Å²) >= 11 is 6.29. The number of carbonyl (C=O) groups excluding carboxylic acids is 1. The van der Waals surface area contributed by atoms with E-state index in [1.807, 2.05) is 42.5 Å². The molecule has 1 saturated heterocycles. The number of nitrogens with zero attached hydrogens (tertiary/aromatic N) is 2. The molecule has 28 heavy (non-hydrogen) atoms. The van der Waals surface area contributed by atoms with E-state index in [9.17, 15) is 9.90 Å². The molecule has 7 heteroatoms. The Morgan fingerprint density at radius 2 is 1.93 bits per heavy atom. The second-order valence-corrected chi connectivity index (χ2v) is 7.66. The summed E-state index contributed by atoms with van der Waals surface area (Å²) in [6.07, 6.45) is -0.190. The minimum Gasteiger partial charge on any atom is -0.491 e. The van der Waals surface area contributed by atoms with Gasteiger partial charge >= 0.3 is 0 Å². The summed E-state index contributed by atoms with van der Waals surface area (Å²) in [5, 5.41) is 13.9. The van der Waals surface area contributed by atoms with Crippen LogP contribution in [0.2, 0.25) is 5.02 Å². The fourth-order valence-corrected chi connectivity index (χ4v) is 3.97. The molecule has 0 radical (unpaired) electrons. The van der Waals surface area contributed by atoms with Gasteiger partial charge in [0.1, 0.15) is 18.5 Å². The highest BCUT2D eigenvalue weighted by Crippen LogP contribution is 2.28. The van der Waals surface area contributed by atoms with Gasteiger partial charge in [0.25, 0.3) is 0 Å². The number of nitrogens with one attached hydrogen (secondary N) is 1. The van der Waals surface area contributed by atoms with E-state index >= 15 is 0 Å². The quantitative estimate of drug-likeness (QED) is 0.778. The number of β-amino-alcohol motifs (C(OH)–C–C–N with tert-alkyl or cyclic N) is 1. The zero-order chi connectivity index (χ0) is 19.5. The smallest absolute Gasteiger partial charge is 0.228 e. The normalized spacial score (nSPS) is 17.9. The van der Waals surface area contributed by atoms with Crippen LogP contribution in [0.1, 0.15) is 5.56 Å². The first kappa shape index (κ1) is 19.1. The molecule has 6 nitrogen and oxygen atoms in total. The van der Waals surface area contributed by atoms with Crippen molar-refractivity contribution in [2.75, 3.05) is 49.5 Å². The fourth-order valence-electron chi connectivity index (χ4n) is 3.72. The number of piperazine rings is 1. The number of rotatable bonds is 6. The van der Waals surface area contributed by atoms with E-state index in [0.717, 1.165) is 48.1 Å². The molecule has 2 N–H and O–H groups in total. The summed E-state index contributed by atoms with van der Waals surface area (Å²) in [5.41, 5.74) is 2.85. The molecule has 1 atom stereocenters. The first-order valence-electron chi connectivity index (χ1n) is 9.54. The first-order chi connectivity index (χ1) is 13.6. The minimum absolute atomic E-state index is 0.00289. The van der Waals surface area contributed by atoms with Crippen molar-refractivity contribution in [1.29, 1.82) is 0 Å². The van der Waals surface area contributed by atoms with Crippen molar-refractivity contribution in [2.24, 2.45) is 0 Å². The van der Waals surface area contributed by atoms with Crippen LogP contribution in [-0.2, 0) is 11.2 Å². The molecule has 1 amide bonds. The van der Waals surface area contributed by atoms with E-state index < -0.39 is 6.10 Å². The molecule has 0 aromatic heterocycles. The van der Waals surface area contributed by atoms with Gasteiger partial charge in [0.05, 0.1) is 17.1 Å². The first-order valence-corrected chi connectivity index (χ1v) is 9.92. The molecular weight excluding hydrogens is 378 g/mol. The highest BCUT2D eigenvalue weighted by atomic mass is 35.5. The third kappa shape index (κ3) is 4.41. The van der Waals surface area contributed by atoms with Crippen LogP contribution in [0, 0.1) is 0 Å². The molecule has 1 unspecified atom stereocenters. The summed E-state index contributed by atoms with van der Waals surface area (Å²) in [4.78, 5) is 15.9. The fraction of sp³-hybridized carbons (Fsp3) is 0.381. The maximum atomic E-state index is 11.4. The summed E-state index contributed by atoms with van der Waals surface area (Å²) in [7, 11) is 0. The van der Waals surface area contributed by atoms with Gasteiger partial charge in [0.15, 0.2) is 0 Å². The lowest BCUT2D eigenvalue weighted by molar-refractivity contribution is -0.115. The Balaban J connectivity index is 1.23. The standard InChI is InChI=1S/C21H24ClN3O3/c22-18-3-1-2-4-20(18)25-9-7-24(8-10-25)13-16(26)14-28-17-5-6-19-15(11-17)12-21(27)23-19/h1-6,11,16,26H,7-10,12-14H2,(H,23,27). The van der Waals surface area contributed by atoms with Crippen LogP contribution in [0.4, 0.5) is 11.4 Å². The molecule has 0 saturated carbocycles. The van der Waals surface area contributed by atoms with Crippen LogP contribution >= 0.6 is 11.6 Å². The molecule has 0 spiro atoms. The molecule has 4 rings (SSSR count). The van der Waals surface area contributed by atoms with Crippen LogP contribution in [0.5, 0.6) is 5.75 Å². The number of fused-ring (bicyclic) bond motifs is 1. The zero-order valence-corrected chi connectivity index (χ0v) is 16.4. The second-order valence-electron chi connectivity index (χ2n) is 7.25. The predicted molar refractivity (Wildman–Crippen MR) is 110 cm³/mol. The number of amides is 1. The number of hydrogen-bond acceptors (Lipinski definition) is 5. The third-order valence-electron chi connectivity index (χ3n) is 5.18. The Bertz CT molecular complexity index is 853. The maximum absolute atomic E-state index is 11.4. The van der Waals surface area contributed by atoms with Crippen molar-refractivity contribution in [2.45, 2.75) is 12.5 Å². The number of carbonyl (C=O) groups is 1. The molecule has 2 heterocycles. The Morgan fingerprint density at radius 1 is 1.14 bits per heavy atom. The number of halogens is 1. The summed E-state index contributed by atoms with van der Waals surface area (Å²) in [5.74, 6) is 0.681. The number of anilines is 2. The number of ether oxygens (including phenoxy) is 1. The van der Waals surface area contributed by atoms with Crippen molar-refractivity contribution in [3.63, 3.8) is 0 Å². The number of aliphatic hydroxyl groups excluding tert-OH is 1. The van der Waals surface area contributed by atoms with Crippen molar-refractivity contribution >= 4 is 28.9 Å². The van der Waals surface area contributed by atoms with Gasteiger partial charge in [-0.3, -0.25) is 9.69 Å². The van der Waals surface area contributed by atoms with Crippen LogP contribution in [0.15, 0.2) is 42.5 Å². The Morgan fingerprint density at radius 3 is 2.71 bits per heavy atom. The molecule has 2 aliphatic heterocycles. The Kier molecular flexibility index (Phi) is 5.71. The van der Waals surface area contributed by atoms with Crippen LogP contribution in [-0.4, -0.2) is 61.3 Å². The summed E-state index contributed by atoms with van der Waals surface area (Å²) in [6, 6.07) is 13.4. The average Bonchev–Trinajstić information content (AvgIpc) is 3.07. The van der Waals surface area contributed by atoms with Crippen molar-refractivity contribution in [1.82, 2.24) is 4.90 Å². The van der Waals surface area contributed by atoms with Gasteiger partial charge in [0.2, 0.25) is 5.91 Å². The van der Waals surface area contributed by atoms with Crippen molar-refractivity contribution in [3.05, 3.63) is 53.1 Å². The predicted octanol–water partition coefficient (Wildman–Crippen LogP) is 2.40. The lowest BCUT2D eigenvalue weighted by Crippen LogP contribution is -2.49. The van der Waals surface area contributed by atoms with Gasteiger partial charge in [-0.15, -0.1) is 0 Å². The van der Waals surface area contributed by atoms with Crippen LogP contribution in [0.3, 0.4) is 0 Å². The largest absolute Gasteiger partial charge is 0.491 e. The van der Waals surface area contributed by atoms with E-state index in [4.69, 9.17) is 16.3 Å². The van der Waals surface area contributed by atoms with Gasteiger partial charge in [-0.1, -0.05) is 23.7 Å². The number of hydrogen-bond donors (Lipinski definition) is 2. The van der Waals surface area contributed by atoms with E-state index in [1.165, 1.54) is 0 Å². The molecule has 2 aliphatic rings. The SMILES string of the molecule is O=C1Cc2cc(OCC(O)CN3CCN(c4ccccc4Cl)CC3)ccc2N1. The third-order valence-corrected chi connectivity index (χ3v) is 5.50. The Hall–Kier alpha value is -2.28. The number of aliphatic hydroxyl groups is 1. The average molecular weight is 402 g/mol. The lowest BCUT2D eigenvalue weighted by Gasteiger charge is -2.37. The summed E-state index contributed by atoms with van der Waals surface area (Å²) < 4.78 is 5.73. The van der Waals surface area contributed by atoms with Crippen LogP contribution in [0.25, 0.3) is 0 Å². The number of benzene rings is 2. The molecule has 0 aliphatic carbocycles. The maximum Gasteiger partial charge on any atom is 0.228 e. The topological polar surface area (TPSA) is 65.0 Å². The molecule has 148 valence electrons. The van der Waals surface area contributed by atoms with Crippen molar-refractivity contribution < 1.29 is 14.6 Å². The summed E-state index contributed by atoms with van der Waals surface area (Å²) in [6.45, 7) is 4.29. The van der Waals surface area contributed by atoms with Gasteiger partial charge in [-0.25, -0.2) is 0 Å². The highest BCUT2D eigenvalue weighted by Gasteiger charge is 2.21. The lowest BCUT2D eigenvalue weighted by atomic mass is 10.1. The zero-order valence-electron chi connectivity index (χ0n) is 15.6. The van der Waals surface area contributed by atoms with E-state index in [-0.39, 0.29) is 12.5 Å². The monoisotopic (exact) mass is 401 g/mol. The van der Waals surface area contributed by atoms with Gasteiger partial charge < -0.3 is 20.1 Å². The van der Waals surface area contributed by atoms with Gasteiger partial charge in [-0.2, -0.15) is 0 Å². The van der Waals surface area contributed by atoms with Gasteiger partial charge in [-0.05, 0) is 35.9 Å². The van der Waals surface area contributed by atoms with Crippen molar-refractivity contribution in [3.8, 4) is 5.75 Å². The van der Waals surface area contributed by atoms with E-state index in [0.29, 0.717) is 18.7 Å². The second kappa shape index (κ2) is 8.39.